The van der Waals surface area contributed by atoms with Crippen molar-refractivity contribution >= 4 is 11.8 Å². The highest BCUT2D eigenvalue weighted by molar-refractivity contribution is 5.67. The molecule has 0 fully saturated rings. The topological polar surface area (TPSA) is 106 Å². The summed E-state index contributed by atoms with van der Waals surface area (Å²) in [4.78, 5) is 14.3. The van der Waals surface area contributed by atoms with Gasteiger partial charge in [0.25, 0.3) is 0 Å². The predicted octanol–water partition coefficient (Wildman–Crippen LogP) is 5.10. The van der Waals surface area contributed by atoms with Gasteiger partial charge < -0.3 is 19.5 Å². The molecule has 8 nitrogen and oxygen atoms in total. The van der Waals surface area contributed by atoms with Crippen molar-refractivity contribution in [1.29, 1.82) is 0 Å². The molecule has 0 heterocycles. The molecule has 1 N–H and O–H groups in total. The molecule has 1 amide bonds. The normalized spacial score (nSPS) is 10.6. The Labute approximate surface area is 154 Å². The molecule has 0 saturated carbocycles. The van der Waals surface area contributed by atoms with Crippen molar-refractivity contribution in [3.8, 4) is 11.5 Å². The summed E-state index contributed by atoms with van der Waals surface area (Å²) in [5, 5.41) is 6.28. The number of alkyl carbamates (subject to hydrolysis) is 1. The van der Waals surface area contributed by atoms with E-state index in [4.69, 9.17) is 19.7 Å². The Morgan fingerprint density at radius 2 is 1.77 bits per heavy atom. The van der Waals surface area contributed by atoms with E-state index in [2.05, 4.69) is 22.3 Å². The number of rotatable bonds is 10. The van der Waals surface area contributed by atoms with Crippen molar-refractivity contribution in [3.05, 3.63) is 28.6 Å². The summed E-state index contributed by atoms with van der Waals surface area (Å²) in [6.07, 6.45) is 2.13. The van der Waals surface area contributed by atoms with Crippen molar-refractivity contribution in [1.82, 2.24) is 5.32 Å². The van der Waals surface area contributed by atoms with Gasteiger partial charge in [-0.1, -0.05) is 18.5 Å². The maximum atomic E-state index is 11.5. The predicted molar refractivity (Wildman–Crippen MR) is 100.0 cm³/mol. The van der Waals surface area contributed by atoms with Crippen LogP contribution in [0.5, 0.6) is 11.5 Å². The first-order chi connectivity index (χ1) is 12.3. The third-order valence-corrected chi connectivity index (χ3v) is 3.05. The minimum Gasteiger partial charge on any atom is -0.493 e. The van der Waals surface area contributed by atoms with Crippen LogP contribution in [0.2, 0.25) is 0 Å². The van der Waals surface area contributed by atoms with Crippen LogP contribution in [0.3, 0.4) is 0 Å². The highest BCUT2D eigenvalue weighted by Gasteiger charge is 2.15. The van der Waals surface area contributed by atoms with Crippen LogP contribution < -0.4 is 14.8 Å². The van der Waals surface area contributed by atoms with Crippen LogP contribution in [0.4, 0.5) is 10.5 Å². The number of benzene rings is 1. The first-order valence-electron chi connectivity index (χ1n) is 8.76. The largest absolute Gasteiger partial charge is 0.493 e. The van der Waals surface area contributed by atoms with Gasteiger partial charge in [-0.15, -0.1) is 0 Å². The molecular formula is C18H28N4O4. The van der Waals surface area contributed by atoms with E-state index in [0.717, 1.165) is 12.8 Å². The molecule has 8 heteroatoms. The van der Waals surface area contributed by atoms with Gasteiger partial charge in [0.05, 0.1) is 13.2 Å². The van der Waals surface area contributed by atoms with Gasteiger partial charge in [0.15, 0.2) is 0 Å². The van der Waals surface area contributed by atoms with E-state index in [1.807, 2.05) is 20.8 Å². The number of hydrogen-bond acceptors (Lipinski definition) is 5. The Morgan fingerprint density at radius 3 is 2.31 bits per heavy atom. The molecule has 0 radical (unpaired) electrons. The second kappa shape index (κ2) is 11.1. The van der Waals surface area contributed by atoms with Gasteiger partial charge >= 0.3 is 6.09 Å². The van der Waals surface area contributed by atoms with Crippen molar-refractivity contribution in [2.75, 3.05) is 19.8 Å². The fourth-order valence-electron chi connectivity index (χ4n) is 1.93. The number of carbonyl (C=O) groups is 1. The molecule has 0 aliphatic carbocycles. The molecule has 0 atom stereocenters. The third-order valence-electron chi connectivity index (χ3n) is 3.05. The van der Waals surface area contributed by atoms with Crippen LogP contribution in [-0.2, 0) is 4.74 Å². The van der Waals surface area contributed by atoms with E-state index in [1.54, 1.807) is 18.2 Å². The zero-order chi connectivity index (χ0) is 19.4. The average Bonchev–Trinajstić information content (AvgIpc) is 2.53. The molecule has 0 unspecified atom stereocenters. The van der Waals surface area contributed by atoms with Crippen molar-refractivity contribution in [2.45, 2.75) is 52.6 Å². The van der Waals surface area contributed by atoms with Gasteiger partial charge in [-0.3, -0.25) is 0 Å². The molecular weight excluding hydrogens is 336 g/mol. The van der Waals surface area contributed by atoms with E-state index < -0.39 is 11.7 Å². The van der Waals surface area contributed by atoms with Crippen LogP contribution in [0, 0.1) is 0 Å². The lowest BCUT2D eigenvalue weighted by Crippen LogP contribution is -2.33. The van der Waals surface area contributed by atoms with Crippen molar-refractivity contribution in [3.63, 3.8) is 0 Å². The molecule has 0 spiro atoms. The lowest BCUT2D eigenvalue weighted by Gasteiger charge is -2.19. The summed E-state index contributed by atoms with van der Waals surface area (Å²) in [6.45, 7) is 8.94. The lowest BCUT2D eigenvalue weighted by atomic mass is 10.2. The molecule has 0 bridgehead atoms. The van der Waals surface area contributed by atoms with Crippen LogP contribution in [0.1, 0.15) is 47.0 Å². The number of nitrogens with one attached hydrogen (secondary N) is 1. The lowest BCUT2D eigenvalue weighted by molar-refractivity contribution is 0.0525. The summed E-state index contributed by atoms with van der Waals surface area (Å²) in [6, 6.07) is 5.08. The van der Waals surface area contributed by atoms with E-state index >= 15 is 0 Å². The standard InChI is InChI=1S/C18H28N4O4/c1-5-6-9-24-15-11-14(21-22-19)12-16(13-15)25-10-7-8-20-17(23)26-18(2,3)4/h11-13H,5-10H2,1-4H3,(H,20,23). The first kappa shape index (κ1) is 21.4. The Kier molecular flexibility index (Phi) is 9.15. The molecule has 0 aliphatic heterocycles. The van der Waals surface area contributed by atoms with Crippen LogP contribution in [-0.4, -0.2) is 31.5 Å². The quantitative estimate of drug-likeness (QED) is 0.270. The third kappa shape index (κ3) is 9.64. The minimum atomic E-state index is -0.517. The van der Waals surface area contributed by atoms with Crippen LogP contribution in [0.15, 0.2) is 23.3 Å². The van der Waals surface area contributed by atoms with Gasteiger partial charge in [0.1, 0.15) is 17.1 Å². The Hall–Kier alpha value is -2.60. The highest BCUT2D eigenvalue weighted by atomic mass is 16.6. The van der Waals surface area contributed by atoms with Crippen molar-refractivity contribution < 1.29 is 19.0 Å². The Balaban J connectivity index is 2.47. The van der Waals surface area contributed by atoms with Gasteiger partial charge in [0, 0.05) is 23.2 Å². The second-order valence-corrected chi connectivity index (χ2v) is 6.68. The number of azide groups is 1. The van der Waals surface area contributed by atoms with Crippen LogP contribution in [0.25, 0.3) is 10.4 Å². The fraction of sp³-hybridized carbons (Fsp3) is 0.611. The summed E-state index contributed by atoms with van der Waals surface area (Å²) in [7, 11) is 0. The molecule has 0 aliphatic rings. The highest BCUT2D eigenvalue weighted by Crippen LogP contribution is 2.28. The summed E-state index contributed by atoms with van der Waals surface area (Å²) in [5.74, 6) is 1.16. The number of nitrogens with zero attached hydrogens (tertiary/aromatic N) is 3. The molecule has 26 heavy (non-hydrogen) atoms. The molecule has 0 aromatic heterocycles. The van der Waals surface area contributed by atoms with Crippen LogP contribution >= 0.6 is 0 Å². The van der Waals surface area contributed by atoms with Crippen molar-refractivity contribution in [2.24, 2.45) is 5.11 Å². The Bertz CT molecular complexity index is 622. The summed E-state index contributed by atoms with van der Waals surface area (Å²) < 4.78 is 16.5. The summed E-state index contributed by atoms with van der Waals surface area (Å²) in [5.41, 5.74) is 8.54. The number of carbonyl (C=O) groups excluding carboxylic acids is 1. The molecule has 1 rings (SSSR count). The number of ether oxygens (including phenoxy) is 3. The smallest absolute Gasteiger partial charge is 0.407 e. The maximum Gasteiger partial charge on any atom is 0.407 e. The molecule has 1 aromatic carbocycles. The first-order valence-corrected chi connectivity index (χ1v) is 8.76. The SMILES string of the molecule is CCCCOc1cc(N=[N+]=[N-])cc(OCCCNC(=O)OC(C)(C)C)c1. The number of hydrogen-bond donors (Lipinski definition) is 1. The molecule has 144 valence electrons. The molecule has 1 aromatic rings. The van der Waals surface area contributed by atoms with E-state index in [-0.39, 0.29) is 0 Å². The monoisotopic (exact) mass is 364 g/mol. The van der Waals surface area contributed by atoms with E-state index in [9.17, 15) is 4.79 Å². The van der Waals surface area contributed by atoms with E-state index in [1.165, 1.54) is 0 Å². The average molecular weight is 364 g/mol. The number of amides is 1. The van der Waals surface area contributed by atoms with Gasteiger partial charge in [-0.25, -0.2) is 4.79 Å². The zero-order valence-electron chi connectivity index (χ0n) is 15.9. The molecule has 0 saturated heterocycles. The fourth-order valence-corrected chi connectivity index (χ4v) is 1.93. The Morgan fingerprint density at radius 1 is 1.15 bits per heavy atom. The maximum absolute atomic E-state index is 11.5. The van der Waals surface area contributed by atoms with Gasteiger partial charge in [-0.05, 0) is 51.3 Å². The summed E-state index contributed by atoms with van der Waals surface area (Å²) >= 11 is 0. The second-order valence-electron chi connectivity index (χ2n) is 6.68. The minimum absolute atomic E-state index is 0.393. The van der Waals surface area contributed by atoms with E-state index in [0.29, 0.717) is 43.4 Å². The van der Waals surface area contributed by atoms with Gasteiger partial charge in [0.2, 0.25) is 0 Å². The number of unbranched alkanes of at least 4 members (excludes halogenated alkanes) is 1. The van der Waals surface area contributed by atoms with Gasteiger partial charge in [-0.2, -0.15) is 0 Å². The zero-order valence-corrected chi connectivity index (χ0v) is 15.9.